The van der Waals surface area contributed by atoms with E-state index in [0.29, 0.717) is 69.8 Å². The molecule has 19 heteroatoms. The van der Waals surface area contributed by atoms with Gasteiger partial charge in [0.25, 0.3) is 0 Å². The lowest BCUT2D eigenvalue weighted by atomic mass is 9.85. The highest BCUT2D eigenvalue weighted by Gasteiger charge is 2.44. The molecule has 0 aliphatic carbocycles. The summed E-state index contributed by atoms with van der Waals surface area (Å²) in [7, 11) is 0. The summed E-state index contributed by atoms with van der Waals surface area (Å²) in [6.07, 6.45) is 4.00. The lowest BCUT2D eigenvalue weighted by molar-refractivity contribution is -0.207. The normalized spacial score (nSPS) is 25.6. The molecule has 16 unspecified atom stereocenters. The van der Waals surface area contributed by atoms with Gasteiger partial charge in [-0.15, -0.1) is 0 Å². The van der Waals surface area contributed by atoms with Gasteiger partial charge in [-0.05, 0) is 244 Å². The van der Waals surface area contributed by atoms with Gasteiger partial charge >= 0.3 is 0 Å². The molecule has 8 aromatic rings. The van der Waals surface area contributed by atoms with Crippen LogP contribution in [0.4, 0.5) is 0 Å². The molecule has 8 aromatic carbocycles. The average molecular weight is 1860 g/mol. The third-order valence-electron chi connectivity index (χ3n) is 20.3. The second kappa shape index (κ2) is 42.6. The standard InChI is InChI=1S/C22H24ClI3O2.C22H27ClO5.C22H27ClO2.C21H25ClO3/c2*1-3-27-17-7-4-14(5-8-17)10-16-11-15(6-9-18(16)23)22-21(26)20(25)13(2)19(12-24)28-22;1-4-24-20-9-6-17(7-10-20)13-19-14-18(8-11-21(19)23)22-12-5-15(2)16(3)25-22;1-3-24-18-7-4-15(5-8-18)12-17-13-16(6-9-19(17)22)21-11-10-20(23)14(2)25-21/h4-9,11,13,19-22H,3,10,12H2,1-2H3;4-9,11,13,19-22,24-26H,3,10,12H2,1-2H3;6-11,14-16,22H,4-5,12-13H2,1-3H3;4-9,13-14,20-21,23H,3,10-12H2,1-2H3. The van der Waals surface area contributed by atoms with Crippen molar-refractivity contribution in [3.05, 3.63) is 257 Å². The fourth-order valence-electron chi connectivity index (χ4n) is 13.7. The van der Waals surface area contributed by atoms with Crippen molar-refractivity contribution in [2.45, 2.75) is 189 Å². The number of alkyl halides is 3. The molecule has 0 amide bonds. The molecule has 0 aromatic heterocycles. The van der Waals surface area contributed by atoms with Gasteiger partial charge in [-0.2, -0.15) is 0 Å². The molecule has 4 fully saturated rings. The van der Waals surface area contributed by atoms with Crippen LogP contribution >= 0.6 is 114 Å². The van der Waals surface area contributed by atoms with E-state index in [1.165, 1.54) is 34.2 Å². The predicted molar refractivity (Wildman–Crippen MR) is 455 cm³/mol. The molecule has 572 valence electrons. The van der Waals surface area contributed by atoms with E-state index >= 15 is 0 Å². The first-order valence-corrected chi connectivity index (χ1v) is 42.7. The summed E-state index contributed by atoms with van der Waals surface area (Å²) in [6.45, 7) is 20.8. The minimum absolute atomic E-state index is 0.0229. The minimum Gasteiger partial charge on any atom is -0.494 e. The topological polar surface area (TPSA) is 155 Å². The smallest absolute Gasteiger partial charge is 0.119 e. The van der Waals surface area contributed by atoms with Crippen LogP contribution in [0.2, 0.25) is 20.1 Å². The molecule has 4 N–H and O–H groups in total. The van der Waals surface area contributed by atoms with Crippen LogP contribution in [0.25, 0.3) is 0 Å². The van der Waals surface area contributed by atoms with E-state index in [1.54, 1.807) is 19.1 Å². The number of halogens is 7. The van der Waals surface area contributed by atoms with E-state index < -0.39 is 24.4 Å². The van der Waals surface area contributed by atoms with Crippen LogP contribution in [0.3, 0.4) is 0 Å². The molecule has 12 rings (SSSR count). The quantitative estimate of drug-likeness (QED) is 0.0377. The summed E-state index contributed by atoms with van der Waals surface area (Å²) in [5.74, 6) is 4.36. The van der Waals surface area contributed by atoms with Gasteiger partial charge in [-0.3, -0.25) is 0 Å². The fraction of sp³-hybridized carbons (Fsp3) is 0.448. The molecular weight excluding hydrogens is 1760 g/mol. The monoisotopic (exact) mass is 1860 g/mol. The van der Waals surface area contributed by atoms with Gasteiger partial charge in [0.1, 0.15) is 35.2 Å². The molecule has 106 heavy (non-hydrogen) atoms. The van der Waals surface area contributed by atoms with Crippen LogP contribution in [0.15, 0.2) is 170 Å². The van der Waals surface area contributed by atoms with Crippen molar-refractivity contribution in [3.63, 3.8) is 0 Å². The van der Waals surface area contributed by atoms with Crippen molar-refractivity contribution in [3.8, 4) is 23.0 Å². The zero-order valence-electron chi connectivity index (χ0n) is 62.0. The Hall–Kier alpha value is -4.01. The first-order valence-electron chi connectivity index (χ1n) is 37.1. The van der Waals surface area contributed by atoms with Crippen molar-refractivity contribution in [2.75, 3.05) is 37.5 Å². The average Bonchev–Trinajstić information content (AvgIpc) is 0.795. The lowest BCUT2D eigenvalue weighted by Gasteiger charge is -2.41. The zero-order valence-corrected chi connectivity index (χ0v) is 71.5. The zero-order chi connectivity index (χ0) is 76.1. The Kier molecular flexibility index (Phi) is 34.5. The Morgan fingerprint density at radius 1 is 0.387 bits per heavy atom. The number of aliphatic hydroxyl groups is 4. The molecule has 4 aliphatic heterocycles. The summed E-state index contributed by atoms with van der Waals surface area (Å²) in [5, 5.41) is 43.2. The van der Waals surface area contributed by atoms with Crippen molar-refractivity contribution in [1.82, 2.24) is 0 Å². The fourth-order valence-corrected chi connectivity index (χ4v) is 17.5. The molecule has 0 bridgehead atoms. The molecule has 4 saturated heterocycles. The molecule has 4 heterocycles. The van der Waals surface area contributed by atoms with E-state index in [1.807, 2.05) is 126 Å². The van der Waals surface area contributed by atoms with E-state index in [4.69, 9.17) is 84.3 Å². The molecular formula is C87H103Cl4I3O12. The molecule has 16 atom stereocenters. The van der Waals surface area contributed by atoms with Crippen LogP contribution in [0.1, 0.15) is 179 Å². The molecule has 0 spiro atoms. The molecule has 12 nitrogen and oxygen atoms in total. The maximum absolute atomic E-state index is 10.5. The van der Waals surface area contributed by atoms with Crippen molar-refractivity contribution in [1.29, 1.82) is 0 Å². The summed E-state index contributed by atoms with van der Waals surface area (Å²) < 4.78 is 48.6. The second-order valence-corrected chi connectivity index (χ2v) is 33.3. The van der Waals surface area contributed by atoms with Crippen LogP contribution in [-0.4, -0.2) is 108 Å². The number of hydrogen-bond acceptors (Lipinski definition) is 12. The lowest BCUT2D eigenvalue weighted by Crippen LogP contribution is -2.50. The number of rotatable bonds is 22. The van der Waals surface area contributed by atoms with E-state index in [2.05, 4.69) is 155 Å². The second-order valence-electron chi connectivity index (χ2n) is 27.9. The Morgan fingerprint density at radius 3 is 1.08 bits per heavy atom. The van der Waals surface area contributed by atoms with Gasteiger partial charge < -0.3 is 58.3 Å². The number of ether oxygens (including phenoxy) is 8. The third-order valence-corrected chi connectivity index (χ3v) is 27.4. The van der Waals surface area contributed by atoms with E-state index in [-0.39, 0.29) is 43.0 Å². The summed E-state index contributed by atoms with van der Waals surface area (Å²) >= 11 is 33.4. The van der Waals surface area contributed by atoms with Crippen LogP contribution in [0, 0.1) is 17.8 Å². The Bertz CT molecular complexity index is 3730. The predicted octanol–water partition coefficient (Wildman–Crippen LogP) is 21.7. The maximum Gasteiger partial charge on any atom is 0.119 e. The Labute approximate surface area is 689 Å². The Morgan fingerprint density at radius 2 is 0.726 bits per heavy atom. The van der Waals surface area contributed by atoms with Gasteiger partial charge in [0.15, 0.2) is 0 Å². The SMILES string of the molecule is CCOc1ccc(Cc2cc(C3CCC(C)C(C)O3)ccc2Cl)cc1.CCOc1ccc(Cc2cc(C3CCC(O)C(C)O3)ccc2Cl)cc1.CCOc1ccc(Cc2cc(C3OC(CI)C(C)C(I)C3I)ccc2Cl)cc1.CCOc1ccc(Cc2cc(C3OC(CO)C(C)C(O)C3O)ccc2Cl)cc1. The highest BCUT2D eigenvalue weighted by atomic mass is 127. The first-order chi connectivity index (χ1) is 51.0. The maximum atomic E-state index is 10.5. The van der Waals surface area contributed by atoms with Gasteiger partial charge in [0.05, 0.1) is 91.9 Å². The number of benzene rings is 8. The highest BCUT2D eigenvalue weighted by Crippen LogP contribution is 2.45. The molecule has 0 radical (unpaired) electrons. The van der Waals surface area contributed by atoms with Gasteiger partial charge in [-0.1, -0.05) is 232 Å². The van der Waals surface area contributed by atoms with Crippen LogP contribution in [-0.2, 0) is 44.6 Å². The number of aliphatic hydroxyl groups excluding tert-OH is 4. The van der Waals surface area contributed by atoms with E-state index in [0.717, 1.165) is 120 Å². The van der Waals surface area contributed by atoms with Crippen molar-refractivity contribution < 1.29 is 58.3 Å². The summed E-state index contributed by atoms with van der Waals surface area (Å²) in [4.78, 5) is 0. The van der Waals surface area contributed by atoms with Gasteiger partial charge in [-0.25, -0.2) is 0 Å². The first kappa shape index (κ1) is 86.0. The molecule has 4 aliphatic rings. The number of hydrogen-bond donors (Lipinski definition) is 4. The summed E-state index contributed by atoms with van der Waals surface area (Å²) in [5.41, 5.74) is 13.3. The van der Waals surface area contributed by atoms with E-state index in [9.17, 15) is 20.4 Å². The van der Waals surface area contributed by atoms with Crippen molar-refractivity contribution in [2.24, 2.45) is 17.8 Å². The Balaban J connectivity index is 0.000000164. The van der Waals surface area contributed by atoms with Crippen LogP contribution < -0.4 is 18.9 Å². The minimum atomic E-state index is -1.07. The van der Waals surface area contributed by atoms with Crippen LogP contribution in [0.5, 0.6) is 23.0 Å². The van der Waals surface area contributed by atoms with Gasteiger partial charge in [0.2, 0.25) is 0 Å². The molecule has 0 saturated carbocycles. The highest BCUT2D eigenvalue weighted by molar-refractivity contribution is 14.1. The largest absolute Gasteiger partial charge is 0.494 e. The summed E-state index contributed by atoms with van der Waals surface area (Å²) in [6, 6.07) is 56.7. The third kappa shape index (κ3) is 24.0. The van der Waals surface area contributed by atoms with Gasteiger partial charge in [0, 0.05) is 34.4 Å². The van der Waals surface area contributed by atoms with Crippen molar-refractivity contribution >= 4 is 114 Å².